The third kappa shape index (κ3) is 2.10. The Hall–Kier alpha value is -1.32. The number of aromatic nitrogens is 2. The summed E-state index contributed by atoms with van der Waals surface area (Å²) in [6.45, 7) is 4.16. The van der Waals surface area contributed by atoms with Gasteiger partial charge in [-0.25, -0.2) is 9.97 Å². The van der Waals surface area contributed by atoms with Crippen molar-refractivity contribution in [1.82, 2.24) is 9.97 Å². The maximum absolute atomic E-state index is 4.43. The first-order valence-electron chi connectivity index (χ1n) is 5.99. The summed E-state index contributed by atoms with van der Waals surface area (Å²) in [4.78, 5) is 8.72. The highest BCUT2D eigenvalue weighted by Gasteiger charge is 2.35. The van der Waals surface area contributed by atoms with Gasteiger partial charge in [-0.05, 0) is 32.6 Å². The first-order chi connectivity index (χ1) is 7.67. The number of anilines is 2. The molecule has 0 unspecified atom stereocenters. The molecule has 0 saturated heterocycles. The summed E-state index contributed by atoms with van der Waals surface area (Å²) in [5, 5.41) is 6.62. The predicted molar refractivity (Wildman–Crippen MR) is 66.8 cm³/mol. The van der Waals surface area contributed by atoms with Crippen LogP contribution in [0.3, 0.4) is 0 Å². The van der Waals surface area contributed by atoms with E-state index in [2.05, 4.69) is 27.5 Å². The van der Waals surface area contributed by atoms with E-state index in [0.717, 1.165) is 23.9 Å². The van der Waals surface area contributed by atoms with Gasteiger partial charge in [-0.2, -0.15) is 0 Å². The first kappa shape index (κ1) is 11.2. The molecule has 16 heavy (non-hydrogen) atoms. The van der Waals surface area contributed by atoms with Crippen LogP contribution in [0.5, 0.6) is 0 Å². The molecule has 1 saturated carbocycles. The van der Waals surface area contributed by atoms with E-state index in [9.17, 15) is 0 Å². The Labute approximate surface area is 96.9 Å². The zero-order valence-electron chi connectivity index (χ0n) is 10.3. The van der Waals surface area contributed by atoms with Crippen LogP contribution in [0.15, 0.2) is 6.07 Å². The Morgan fingerprint density at radius 3 is 2.50 bits per heavy atom. The van der Waals surface area contributed by atoms with Crippen molar-refractivity contribution in [1.29, 1.82) is 0 Å². The zero-order valence-corrected chi connectivity index (χ0v) is 10.3. The van der Waals surface area contributed by atoms with E-state index in [1.54, 1.807) is 0 Å². The third-order valence-electron chi connectivity index (χ3n) is 3.47. The van der Waals surface area contributed by atoms with Crippen LogP contribution in [0.1, 0.15) is 38.4 Å². The fourth-order valence-corrected chi connectivity index (χ4v) is 2.20. The average Bonchev–Trinajstić information content (AvgIpc) is 2.22. The van der Waals surface area contributed by atoms with Gasteiger partial charge >= 0.3 is 0 Å². The van der Waals surface area contributed by atoms with E-state index in [4.69, 9.17) is 0 Å². The molecular formula is C12H20N4. The first-order valence-corrected chi connectivity index (χ1v) is 5.99. The number of nitrogens with zero attached hydrogens (tertiary/aromatic N) is 2. The topological polar surface area (TPSA) is 49.8 Å². The molecule has 0 aromatic carbocycles. The quantitative estimate of drug-likeness (QED) is 0.818. The second-order valence-electron chi connectivity index (χ2n) is 4.55. The second kappa shape index (κ2) is 4.28. The lowest BCUT2D eigenvalue weighted by atomic mass is 9.75. The molecule has 1 fully saturated rings. The number of nitrogens with one attached hydrogen (secondary N) is 2. The van der Waals surface area contributed by atoms with Gasteiger partial charge in [0.05, 0.1) is 0 Å². The van der Waals surface area contributed by atoms with Crippen molar-refractivity contribution in [2.75, 3.05) is 17.7 Å². The maximum atomic E-state index is 4.43. The number of hydrogen-bond donors (Lipinski definition) is 2. The fraction of sp³-hybridized carbons (Fsp3) is 0.667. The van der Waals surface area contributed by atoms with Crippen molar-refractivity contribution in [2.24, 2.45) is 0 Å². The molecule has 0 radical (unpaired) electrons. The molecule has 1 aromatic heterocycles. The Balaban J connectivity index is 2.17. The minimum atomic E-state index is 0.284. The SMILES string of the molecule is CCC1(Nc2cc(NC)nc(C)n2)CCC1. The Morgan fingerprint density at radius 1 is 1.31 bits per heavy atom. The Morgan fingerprint density at radius 2 is 2.00 bits per heavy atom. The van der Waals surface area contributed by atoms with Crippen molar-refractivity contribution in [2.45, 2.75) is 45.1 Å². The maximum Gasteiger partial charge on any atom is 0.132 e. The molecule has 0 amide bonds. The highest BCUT2D eigenvalue weighted by atomic mass is 15.1. The van der Waals surface area contributed by atoms with Gasteiger partial charge in [-0.3, -0.25) is 0 Å². The molecule has 2 rings (SSSR count). The van der Waals surface area contributed by atoms with Crippen LogP contribution in [0.4, 0.5) is 11.6 Å². The van der Waals surface area contributed by atoms with Crippen molar-refractivity contribution < 1.29 is 0 Å². The van der Waals surface area contributed by atoms with Gasteiger partial charge in [0.1, 0.15) is 17.5 Å². The van der Waals surface area contributed by atoms with Gasteiger partial charge in [-0.1, -0.05) is 6.92 Å². The third-order valence-corrected chi connectivity index (χ3v) is 3.47. The van der Waals surface area contributed by atoms with E-state index in [1.807, 2.05) is 20.0 Å². The monoisotopic (exact) mass is 220 g/mol. The lowest BCUT2D eigenvalue weighted by Crippen LogP contribution is -2.44. The van der Waals surface area contributed by atoms with Gasteiger partial charge < -0.3 is 10.6 Å². The summed E-state index contributed by atoms with van der Waals surface area (Å²) in [5.41, 5.74) is 0.284. The Bertz CT molecular complexity index is 366. The van der Waals surface area contributed by atoms with E-state index < -0.39 is 0 Å². The molecule has 0 aliphatic heterocycles. The highest BCUT2D eigenvalue weighted by molar-refractivity contribution is 5.49. The largest absolute Gasteiger partial charge is 0.373 e. The zero-order chi connectivity index (χ0) is 11.6. The van der Waals surface area contributed by atoms with Crippen LogP contribution in [-0.2, 0) is 0 Å². The molecule has 2 N–H and O–H groups in total. The van der Waals surface area contributed by atoms with Crippen molar-refractivity contribution >= 4 is 11.6 Å². The fourth-order valence-electron chi connectivity index (χ4n) is 2.20. The van der Waals surface area contributed by atoms with Crippen LogP contribution >= 0.6 is 0 Å². The lowest BCUT2D eigenvalue weighted by Gasteiger charge is -2.42. The summed E-state index contributed by atoms with van der Waals surface area (Å²) in [7, 11) is 1.88. The predicted octanol–water partition coefficient (Wildman–Crippen LogP) is 2.57. The van der Waals surface area contributed by atoms with Crippen LogP contribution in [0.25, 0.3) is 0 Å². The molecular weight excluding hydrogens is 200 g/mol. The molecule has 4 heteroatoms. The highest BCUT2D eigenvalue weighted by Crippen LogP contribution is 2.37. The summed E-state index contributed by atoms with van der Waals surface area (Å²) < 4.78 is 0. The minimum absolute atomic E-state index is 0.284. The summed E-state index contributed by atoms with van der Waals surface area (Å²) in [6.07, 6.45) is 4.98. The molecule has 1 heterocycles. The standard InChI is InChI=1S/C12H20N4/c1-4-12(6-5-7-12)16-11-8-10(13-3)14-9(2)15-11/h8H,4-7H2,1-3H3,(H2,13,14,15,16). The molecule has 1 aliphatic rings. The average molecular weight is 220 g/mol. The summed E-state index contributed by atoms with van der Waals surface area (Å²) in [5.74, 6) is 2.62. The van der Waals surface area contributed by atoms with Gasteiger partial charge in [0.25, 0.3) is 0 Å². The smallest absolute Gasteiger partial charge is 0.132 e. The number of aryl methyl sites for hydroxylation is 1. The van der Waals surface area contributed by atoms with Gasteiger partial charge in [0, 0.05) is 18.7 Å². The number of rotatable bonds is 4. The van der Waals surface area contributed by atoms with Gasteiger partial charge in [0.15, 0.2) is 0 Å². The second-order valence-corrected chi connectivity index (χ2v) is 4.55. The van der Waals surface area contributed by atoms with Crippen molar-refractivity contribution in [3.63, 3.8) is 0 Å². The van der Waals surface area contributed by atoms with Crippen molar-refractivity contribution in [3.05, 3.63) is 11.9 Å². The van der Waals surface area contributed by atoms with Crippen LogP contribution < -0.4 is 10.6 Å². The molecule has 0 atom stereocenters. The molecule has 0 bridgehead atoms. The van der Waals surface area contributed by atoms with Crippen LogP contribution in [0, 0.1) is 6.92 Å². The summed E-state index contributed by atoms with van der Waals surface area (Å²) >= 11 is 0. The Kier molecular flexibility index (Phi) is 2.99. The lowest BCUT2D eigenvalue weighted by molar-refractivity contribution is 0.269. The molecule has 1 aromatic rings. The van der Waals surface area contributed by atoms with E-state index in [1.165, 1.54) is 19.3 Å². The van der Waals surface area contributed by atoms with E-state index in [0.29, 0.717) is 0 Å². The minimum Gasteiger partial charge on any atom is -0.373 e. The molecule has 88 valence electrons. The molecule has 4 nitrogen and oxygen atoms in total. The van der Waals surface area contributed by atoms with E-state index in [-0.39, 0.29) is 5.54 Å². The molecule has 1 aliphatic carbocycles. The van der Waals surface area contributed by atoms with Crippen LogP contribution in [0.2, 0.25) is 0 Å². The molecule has 0 spiro atoms. The number of hydrogen-bond acceptors (Lipinski definition) is 4. The summed E-state index contributed by atoms with van der Waals surface area (Å²) in [6, 6.07) is 1.97. The van der Waals surface area contributed by atoms with Gasteiger partial charge in [-0.15, -0.1) is 0 Å². The van der Waals surface area contributed by atoms with E-state index >= 15 is 0 Å². The van der Waals surface area contributed by atoms with Crippen molar-refractivity contribution in [3.8, 4) is 0 Å². The van der Waals surface area contributed by atoms with Gasteiger partial charge in [0.2, 0.25) is 0 Å². The van der Waals surface area contributed by atoms with Crippen LogP contribution in [-0.4, -0.2) is 22.6 Å². The normalized spacial score (nSPS) is 17.7.